The Kier molecular flexibility index (Phi) is 4.52. The van der Waals surface area contributed by atoms with Crippen molar-refractivity contribution in [2.75, 3.05) is 30.3 Å². The Labute approximate surface area is 119 Å². The summed E-state index contributed by atoms with van der Waals surface area (Å²) in [5, 5.41) is 5.18. The second kappa shape index (κ2) is 5.99. The molecule has 1 aromatic rings. The first-order valence-corrected chi connectivity index (χ1v) is 8.26. The third-order valence-electron chi connectivity index (χ3n) is 3.52. The third kappa shape index (κ3) is 3.23. The number of benzene rings is 1. The zero-order chi connectivity index (χ0) is 14.8. The van der Waals surface area contributed by atoms with Crippen LogP contribution in [-0.2, 0) is 14.8 Å². The average molecular weight is 299 g/mol. The fourth-order valence-corrected chi connectivity index (χ4v) is 3.17. The smallest absolute Gasteiger partial charge is 0.240 e. The lowest BCUT2D eigenvalue weighted by Gasteiger charge is -2.27. The molecule has 2 rings (SSSR count). The van der Waals surface area contributed by atoms with Crippen molar-refractivity contribution in [3.05, 3.63) is 18.2 Å². The highest BCUT2D eigenvalue weighted by Crippen LogP contribution is 2.30. The van der Waals surface area contributed by atoms with Gasteiger partial charge in [-0.2, -0.15) is 0 Å². The van der Waals surface area contributed by atoms with Gasteiger partial charge < -0.3 is 15.4 Å². The summed E-state index contributed by atoms with van der Waals surface area (Å²) >= 11 is 0. The number of para-hydroxylation sites is 1. The fourth-order valence-electron chi connectivity index (χ4n) is 2.49. The van der Waals surface area contributed by atoms with E-state index in [2.05, 4.69) is 0 Å². The molecule has 0 spiro atoms. The molecule has 4 N–H and O–H groups in total. The van der Waals surface area contributed by atoms with Gasteiger partial charge in [-0.1, -0.05) is 6.07 Å². The molecule has 1 aliphatic heterocycles. The predicted molar refractivity (Wildman–Crippen MR) is 79.1 cm³/mol. The third-order valence-corrected chi connectivity index (χ3v) is 4.49. The predicted octanol–water partition coefficient (Wildman–Crippen LogP) is 0.921. The van der Waals surface area contributed by atoms with Crippen molar-refractivity contribution < 1.29 is 13.2 Å². The van der Waals surface area contributed by atoms with Crippen LogP contribution in [-0.4, -0.2) is 34.2 Å². The monoisotopic (exact) mass is 299 g/mol. The Bertz CT molecular complexity index is 568. The molecule has 1 fully saturated rings. The zero-order valence-electron chi connectivity index (χ0n) is 11.6. The molecule has 0 amide bonds. The van der Waals surface area contributed by atoms with Gasteiger partial charge >= 0.3 is 0 Å². The van der Waals surface area contributed by atoms with E-state index < -0.39 is 10.0 Å². The van der Waals surface area contributed by atoms with Gasteiger partial charge in [0.2, 0.25) is 10.0 Å². The van der Waals surface area contributed by atoms with Crippen molar-refractivity contribution in [1.82, 2.24) is 0 Å². The maximum atomic E-state index is 11.5. The van der Waals surface area contributed by atoms with Gasteiger partial charge in [0.15, 0.2) is 0 Å². The number of likely N-dealkylation sites (N-methyl/N-ethyl adjacent to an activating group) is 1. The van der Waals surface area contributed by atoms with Gasteiger partial charge in [0, 0.05) is 19.7 Å². The molecular weight excluding hydrogens is 278 g/mol. The van der Waals surface area contributed by atoms with Gasteiger partial charge in [-0.25, -0.2) is 13.6 Å². The second-order valence-electron chi connectivity index (χ2n) is 4.91. The summed E-state index contributed by atoms with van der Waals surface area (Å²) in [7, 11) is -3.81. The van der Waals surface area contributed by atoms with E-state index in [1.165, 1.54) is 6.07 Å². The Hall–Kier alpha value is -1.31. The van der Waals surface area contributed by atoms with Crippen LogP contribution < -0.4 is 15.8 Å². The molecule has 1 heterocycles. The van der Waals surface area contributed by atoms with Crippen LogP contribution in [0.25, 0.3) is 0 Å². The van der Waals surface area contributed by atoms with E-state index in [1.807, 2.05) is 17.9 Å². The summed E-state index contributed by atoms with van der Waals surface area (Å²) in [6, 6.07) is 4.89. The van der Waals surface area contributed by atoms with E-state index in [-0.39, 0.29) is 16.7 Å². The Balaban J connectivity index is 2.29. The maximum absolute atomic E-state index is 11.5. The number of anilines is 2. The second-order valence-corrected chi connectivity index (χ2v) is 6.44. The molecule has 20 heavy (non-hydrogen) atoms. The molecule has 1 aliphatic rings. The minimum absolute atomic E-state index is 0.0270. The van der Waals surface area contributed by atoms with E-state index in [0.717, 1.165) is 26.0 Å². The molecule has 1 atom stereocenters. The lowest BCUT2D eigenvalue weighted by Crippen LogP contribution is -2.33. The fraction of sp³-hybridized carbons (Fsp3) is 0.538. The van der Waals surface area contributed by atoms with Crippen LogP contribution in [0.4, 0.5) is 11.4 Å². The summed E-state index contributed by atoms with van der Waals surface area (Å²) < 4.78 is 28.7. The van der Waals surface area contributed by atoms with Crippen LogP contribution in [0.5, 0.6) is 0 Å². The minimum atomic E-state index is -3.81. The number of primary sulfonamides is 1. The lowest BCUT2D eigenvalue weighted by atomic mass is 10.2. The molecule has 6 nitrogen and oxygen atoms in total. The summed E-state index contributed by atoms with van der Waals surface area (Å²) in [6.45, 7) is 4.21. The van der Waals surface area contributed by atoms with Crippen molar-refractivity contribution in [1.29, 1.82) is 0 Å². The first-order valence-electron chi connectivity index (χ1n) is 6.71. The highest BCUT2D eigenvalue weighted by molar-refractivity contribution is 7.89. The largest absolute Gasteiger partial charge is 0.396 e. The van der Waals surface area contributed by atoms with Crippen LogP contribution in [0.2, 0.25) is 0 Å². The molecule has 1 aromatic carbocycles. The quantitative estimate of drug-likeness (QED) is 0.788. The number of nitrogens with zero attached hydrogens (tertiary/aromatic N) is 1. The van der Waals surface area contributed by atoms with Crippen LogP contribution in [0.3, 0.4) is 0 Å². The number of hydrogen-bond donors (Lipinski definition) is 2. The van der Waals surface area contributed by atoms with E-state index >= 15 is 0 Å². The number of nitrogens with two attached hydrogens (primary N) is 2. The van der Waals surface area contributed by atoms with Gasteiger partial charge in [-0.15, -0.1) is 0 Å². The van der Waals surface area contributed by atoms with Crippen molar-refractivity contribution in [3.8, 4) is 0 Å². The van der Waals surface area contributed by atoms with Crippen LogP contribution in [0.15, 0.2) is 23.1 Å². The highest BCUT2D eigenvalue weighted by atomic mass is 32.2. The van der Waals surface area contributed by atoms with Gasteiger partial charge in [0.05, 0.1) is 17.5 Å². The number of rotatable bonds is 5. The van der Waals surface area contributed by atoms with Crippen LogP contribution >= 0.6 is 0 Å². The summed E-state index contributed by atoms with van der Waals surface area (Å²) in [5.41, 5.74) is 6.87. The number of ether oxygens (including phenoxy) is 1. The lowest BCUT2D eigenvalue weighted by molar-refractivity contribution is 0.116. The Morgan fingerprint density at radius 3 is 2.75 bits per heavy atom. The first kappa shape index (κ1) is 15.1. The zero-order valence-corrected chi connectivity index (χ0v) is 12.4. The van der Waals surface area contributed by atoms with Crippen molar-refractivity contribution in [3.63, 3.8) is 0 Å². The first-order chi connectivity index (χ1) is 9.43. The van der Waals surface area contributed by atoms with E-state index in [9.17, 15) is 8.42 Å². The molecule has 0 radical (unpaired) electrons. The van der Waals surface area contributed by atoms with Crippen molar-refractivity contribution in [2.45, 2.75) is 30.8 Å². The van der Waals surface area contributed by atoms with Gasteiger partial charge in [0.1, 0.15) is 4.90 Å². The maximum Gasteiger partial charge on any atom is 0.240 e. The summed E-state index contributed by atoms with van der Waals surface area (Å²) in [6.07, 6.45) is 2.26. The molecule has 0 bridgehead atoms. The summed E-state index contributed by atoms with van der Waals surface area (Å²) in [4.78, 5) is 2.00. The number of nitrogen functional groups attached to an aromatic ring is 1. The SMILES string of the molecule is CCN(CC1CCCO1)c1cccc(S(N)(=O)=O)c1N. The van der Waals surface area contributed by atoms with Crippen molar-refractivity contribution >= 4 is 21.4 Å². The Morgan fingerprint density at radius 1 is 1.45 bits per heavy atom. The number of sulfonamides is 1. The van der Waals surface area contributed by atoms with Gasteiger partial charge in [-0.05, 0) is 31.9 Å². The molecule has 0 aromatic heterocycles. The Morgan fingerprint density at radius 2 is 2.20 bits per heavy atom. The number of hydrogen-bond acceptors (Lipinski definition) is 5. The van der Waals surface area contributed by atoms with Gasteiger partial charge in [-0.3, -0.25) is 0 Å². The highest BCUT2D eigenvalue weighted by Gasteiger charge is 2.22. The minimum Gasteiger partial charge on any atom is -0.396 e. The summed E-state index contributed by atoms with van der Waals surface area (Å²) in [5.74, 6) is 0. The van der Waals surface area contributed by atoms with E-state index in [4.69, 9.17) is 15.6 Å². The molecule has 0 aliphatic carbocycles. The van der Waals surface area contributed by atoms with E-state index in [0.29, 0.717) is 12.2 Å². The standard InChI is InChI=1S/C13H21N3O3S/c1-2-16(9-10-5-4-8-19-10)11-6-3-7-12(13(11)14)20(15,17)18/h3,6-7,10H,2,4-5,8-9,14H2,1H3,(H2,15,17,18). The molecule has 112 valence electrons. The topological polar surface area (TPSA) is 98.6 Å². The van der Waals surface area contributed by atoms with E-state index in [1.54, 1.807) is 6.07 Å². The molecule has 7 heteroatoms. The van der Waals surface area contributed by atoms with Crippen LogP contribution in [0, 0.1) is 0 Å². The average Bonchev–Trinajstić information content (AvgIpc) is 2.88. The van der Waals surface area contributed by atoms with Gasteiger partial charge in [0.25, 0.3) is 0 Å². The molecular formula is C13H21N3O3S. The normalized spacial score (nSPS) is 19.2. The van der Waals surface area contributed by atoms with Crippen LogP contribution in [0.1, 0.15) is 19.8 Å². The molecule has 1 saturated heterocycles. The molecule has 0 saturated carbocycles. The van der Waals surface area contributed by atoms with Crippen molar-refractivity contribution in [2.24, 2.45) is 5.14 Å². The molecule has 1 unspecified atom stereocenters.